The van der Waals surface area contributed by atoms with Crippen molar-refractivity contribution in [2.24, 2.45) is 0 Å². The van der Waals surface area contributed by atoms with E-state index in [1.165, 1.54) is 0 Å². The van der Waals surface area contributed by atoms with Crippen LogP contribution >= 0.6 is 0 Å². The summed E-state index contributed by atoms with van der Waals surface area (Å²) < 4.78 is 10.2. The molecule has 25 heavy (non-hydrogen) atoms. The van der Waals surface area contributed by atoms with Crippen molar-refractivity contribution >= 4 is 22.7 Å². The van der Waals surface area contributed by atoms with Gasteiger partial charge in [-0.05, 0) is 33.3 Å². The fourth-order valence-electron chi connectivity index (χ4n) is 3.01. The Morgan fingerprint density at radius 3 is 2.68 bits per heavy atom. The minimum absolute atomic E-state index is 0.184. The first-order valence-corrected chi connectivity index (χ1v) is 8.15. The maximum Gasteiger partial charge on any atom is 0.306 e. The second-order valence-electron chi connectivity index (χ2n) is 6.06. The van der Waals surface area contributed by atoms with Gasteiger partial charge in [0.15, 0.2) is 6.61 Å². The molecule has 1 N–H and O–H groups in total. The number of carbonyl (C=O) groups is 2. The molecule has 0 aliphatic carbocycles. The van der Waals surface area contributed by atoms with E-state index in [-0.39, 0.29) is 18.8 Å². The van der Waals surface area contributed by atoms with E-state index in [4.69, 9.17) is 9.26 Å². The molecule has 2 heterocycles. The quantitative estimate of drug-likeness (QED) is 0.549. The molecule has 6 nitrogen and oxygen atoms in total. The molecule has 0 fully saturated rings. The number of fused-ring (bicyclic) bond motifs is 1. The van der Waals surface area contributed by atoms with Crippen LogP contribution in [0.3, 0.4) is 0 Å². The fourth-order valence-corrected chi connectivity index (χ4v) is 3.01. The normalized spacial score (nSPS) is 11.0. The van der Waals surface area contributed by atoms with Crippen molar-refractivity contribution < 1.29 is 18.8 Å². The largest absolute Gasteiger partial charge is 0.457 e. The topological polar surface area (TPSA) is 85.2 Å². The van der Waals surface area contributed by atoms with Crippen LogP contribution in [-0.4, -0.2) is 28.5 Å². The summed E-state index contributed by atoms with van der Waals surface area (Å²) in [5.74, 6) is 0.0854. The molecule has 3 aromatic rings. The van der Waals surface area contributed by atoms with Crippen LogP contribution in [0.4, 0.5) is 0 Å². The number of carbonyl (C=O) groups excluding carboxylic acids is 2. The molecule has 0 atom stereocenters. The third kappa shape index (κ3) is 3.47. The third-order valence-corrected chi connectivity index (χ3v) is 4.30. The van der Waals surface area contributed by atoms with Crippen molar-refractivity contribution in [3.63, 3.8) is 0 Å². The number of para-hydroxylation sites is 1. The van der Waals surface area contributed by atoms with E-state index in [1.807, 2.05) is 45.0 Å². The van der Waals surface area contributed by atoms with Crippen molar-refractivity contribution in [2.45, 2.75) is 33.6 Å². The van der Waals surface area contributed by atoms with Crippen LogP contribution in [0.5, 0.6) is 0 Å². The Kier molecular flexibility index (Phi) is 4.70. The summed E-state index contributed by atoms with van der Waals surface area (Å²) in [6, 6.07) is 7.57. The molecule has 0 aliphatic rings. The monoisotopic (exact) mass is 340 g/mol. The summed E-state index contributed by atoms with van der Waals surface area (Å²) in [5.41, 5.74) is 3.94. The second kappa shape index (κ2) is 6.93. The first-order chi connectivity index (χ1) is 12.0. The van der Waals surface area contributed by atoms with E-state index in [9.17, 15) is 9.59 Å². The number of ether oxygens (including phenoxy) is 1. The van der Waals surface area contributed by atoms with E-state index in [2.05, 4.69) is 10.1 Å². The SMILES string of the molecule is Cc1noc(C)c1CCC(=O)OCC(=O)c1c(C)[nH]c2ccccc12. The summed E-state index contributed by atoms with van der Waals surface area (Å²) in [6.07, 6.45) is 0.670. The number of ketones is 1. The van der Waals surface area contributed by atoms with Gasteiger partial charge in [0, 0.05) is 34.1 Å². The number of hydrogen-bond acceptors (Lipinski definition) is 5. The van der Waals surface area contributed by atoms with E-state index >= 15 is 0 Å². The summed E-state index contributed by atoms with van der Waals surface area (Å²) in [4.78, 5) is 27.6. The summed E-state index contributed by atoms with van der Waals surface area (Å²) in [5, 5.41) is 4.70. The predicted molar refractivity (Wildman–Crippen MR) is 92.6 cm³/mol. The lowest BCUT2D eigenvalue weighted by Gasteiger charge is -2.05. The molecule has 0 spiro atoms. The van der Waals surface area contributed by atoms with Crippen LogP contribution < -0.4 is 0 Å². The average molecular weight is 340 g/mol. The van der Waals surface area contributed by atoms with E-state index in [1.54, 1.807) is 0 Å². The van der Waals surface area contributed by atoms with Gasteiger partial charge in [0.25, 0.3) is 0 Å². The zero-order chi connectivity index (χ0) is 18.0. The minimum Gasteiger partial charge on any atom is -0.457 e. The van der Waals surface area contributed by atoms with E-state index in [0.717, 1.165) is 27.9 Å². The number of esters is 1. The number of hydrogen-bond donors (Lipinski definition) is 1. The highest BCUT2D eigenvalue weighted by molar-refractivity contribution is 6.10. The first-order valence-electron chi connectivity index (χ1n) is 8.15. The van der Waals surface area contributed by atoms with Gasteiger partial charge in [-0.3, -0.25) is 9.59 Å². The number of nitrogens with one attached hydrogen (secondary N) is 1. The number of aromatic amines is 1. The highest BCUT2D eigenvalue weighted by atomic mass is 16.5. The fraction of sp³-hybridized carbons (Fsp3) is 0.316. The molecule has 0 saturated heterocycles. The zero-order valence-corrected chi connectivity index (χ0v) is 14.5. The highest BCUT2D eigenvalue weighted by Gasteiger charge is 2.18. The third-order valence-electron chi connectivity index (χ3n) is 4.30. The molecule has 130 valence electrons. The minimum atomic E-state index is -0.411. The van der Waals surface area contributed by atoms with E-state index < -0.39 is 5.97 Å². The Morgan fingerprint density at radius 2 is 1.96 bits per heavy atom. The van der Waals surface area contributed by atoms with Gasteiger partial charge in [-0.2, -0.15) is 0 Å². The maximum atomic E-state index is 12.5. The lowest BCUT2D eigenvalue weighted by Crippen LogP contribution is -2.15. The predicted octanol–water partition coefficient (Wildman–Crippen LogP) is 3.44. The van der Waals surface area contributed by atoms with Crippen molar-refractivity contribution in [1.82, 2.24) is 10.1 Å². The van der Waals surface area contributed by atoms with Gasteiger partial charge in [0.2, 0.25) is 5.78 Å². The van der Waals surface area contributed by atoms with Crippen molar-refractivity contribution in [2.75, 3.05) is 6.61 Å². The van der Waals surface area contributed by atoms with Crippen molar-refractivity contribution in [1.29, 1.82) is 0 Å². The van der Waals surface area contributed by atoms with Crippen LogP contribution in [0.1, 0.15) is 39.5 Å². The lowest BCUT2D eigenvalue weighted by molar-refractivity contribution is -0.142. The molecule has 0 saturated carbocycles. The Morgan fingerprint density at radius 1 is 1.20 bits per heavy atom. The van der Waals surface area contributed by atoms with Gasteiger partial charge in [-0.15, -0.1) is 0 Å². The number of H-pyrrole nitrogens is 1. The maximum absolute atomic E-state index is 12.5. The molecule has 6 heteroatoms. The van der Waals surface area contributed by atoms with Crippen LogP contribution in [0.15, 0.2) is 28.8 Å². The average Bonchev–Trinajstić information content (AvgIpc) is 3.09. The number of aromatic nitrogens is 2. The molecule has 1 aromatic carbocycles. The molecule has 2 aromatic heterocycles. The molecular formula is C19H20N2O4. The van der Waals surface area contributed by atoms with Crippen LogP contribution in [0.2, 0.25) is 0 Å². The summed E-state index contributed by atoms with van der Waals surface area (Å²) >= 11 is 0. The summed E-state index contributed by atoms with van der Waals surface area (Å²) in [6.45, 7) is 5.22. The molecular weight excluding hydrogens is 320 g/mol. The number of benzene rings is 1. The Hall–Kier alpha value is -2.89. The summed E-state index contributed by atoms with van der Waals surface area (Å²) in [7, 11) is 0. The number of Topliss-reactive ketones (excluding diaryl/α,β-unsaturated/α-hetero) is 1. The zero-order valence-electron chi connectivity index (χ0n) is 14.5. The smallest absolute Gasteiger partial charge is 0.306 e. The van der Waals surface area contributed by atoms with Gasteiger partial charge >= 0.3 is 5.97 Å². The molecule has 3 rings (SSSR count). The Balaban J connectivity index is 1.60. The molecule has 0 bridgehead atoms. The van der Waals surface area contributed by atoms with Gasteiger partial charge in [-0.1, -0.05) is 23.4 Å². The standard InChI is InChI=1S/C19H20N2O4/c1-11-14(13(3)25-21-11)8-9-18(23)24-10-17(22)19-12(2)20-16-7-5-4-6-15(16)19/h4-7,20H,8-10H2,1-3H3. The highest BCUT2D eigenvalue weighted by Crippen LogP contribution is 2.22. The molecule has 0 unspecified atom stereocenters. The number of nitrogens with zero attached hydrogens (tertiary/aromatic N) is 1. The van der Waals surface area contributed by atoms with Gasteiger partial charge in [0.05, 0.1) is 5.69 Å². The van der Waals surface area contributed by atoms with Crippen LogP contribution in [0.25, 0.3) is 10.9 Å². The number of aryl methyl sites for hydroxylation is 3. The molecule has 0 aliphatic heterocycles. The van der Waals surface area contributed by atoms with Gasteiger partial charge in [-0.25, -0.2) is 0 Å². The molecule has 0 radical (unpaired) electrons. The van der Waals surface area contributed by atoms with Crippen molar-refractivity contribution in [3.05, 3.63) is 52.5 Å². The van der Waals surface area contributed by atoms with Crippen molar-refractivity contribution in [3.8, 4) is 0 Å². The number of rotatable bonds is 6. The van der Waals surface area contributed by atoms with Gasteiger partial charge < -0.3 is 14.2 Å². The van der Waals surface area contributed by atoms with E-state index in [0.29, 0.717) is 17.7 Å². The van der Waals surface area contributed by atoms with Crippen LogP contribution in [-0.2, 0) is 16.0 Å². The first kappa shape index (κ1) is 17.0. The van der Waals surface area contributed by atoms with Crippen LogP contribution in [0, 0.1) is 20.8 Å². The second-order valence-corrected chi connectivity index (χ2v) is 6.06. The lowest BCUT2D eigenvalue weighted by atomic mass is 10.1. The van der Waals surface area contributed by atoms with Gasteiger partial charge in [0.1, 0.15) is 5.76 Å². The molecule has 0 amide bonds. The Bertz CT molecular complexity index is 917. The Labute approximate surface area is 145 Å².